The number of aryl methyl sites for hydroxylation is 2. The Labute approximate surface area is 174 Å². The Hall–Kier alpha value is 1.07. The number of hydrogen-bond acceptors (Lipinski definition) is 12. The largest absolute Gasteiger partial charge is 0.361 e. The summed E-state index contributed by atoms with van der Waals surface area (Å²) in [5.41, 5.74) is 0.432. The lowest BCUT2D eigenvalue weighted by molar-refractivity contribution is 0.345. The van der Waals surface area contributed by atoms with E-state index in [1.807, 2.05) is 0 Å². The summed E-state index contributed by atoms with van der Waals surface area (Å²) in [5.74, 6) is 0.516. The van der Waals surface area contributed by atoms with Gasteiger partial charge in [-0.25, -0.2) is 0 Å². The van der Waals surface area contributed by atoms with Gasteiger partial charge in [0.2, 0.25) is 0 Å². The van der Waals surface area contributed by atoms with Gasteiger partial charge in [0, 0.05) is 32.7 Å². The molecule has 170 valence electrons. The van der Waals surface area contributed by atoms with Crippen LogP contribution in [-0.4, -0.2) is 56.8 Å². The minimum atomic E-state index is -4.52. The smallest absolute Gasteiger partial charge is 0.356 e. The Morgan fingerprint density at radius 3 is 1.59 bits per heavy atom. The van der Waals surface area contributed by atoms with Crippen LogP contribution >= 0.6 is 48.7 Å². The van der Waals surface area contributed by atoms with Gasteiger partial charge in [0.15, 0.2) is 38.9 Å². The van der Waals surface area contributed by atoms with Crippen molar-refractivity contribution in [2.24, 2.45) is 0 Å². The Bertz CT molecular complexity index is 660. The number of nitrogens with zero attached hydrogens (tertiary/aromatic N) is 1. The first-order valence-electron chi connectivity index (χ1n) is 7.88. The second-order valence-electron chi connectivity index (χ2n) is 5.71. The zero-order valence-electron chi connectivity index (χ0n) is 16.3. The Morgan fingerprint density at radius 1 is 0.931 bits per heavy atom. The number of hydrogen-bond donors (Lipinski definition) is 4. The highest BCUT2D eigenvalue weighted by Crippen LogP contribution is 2.80. The van der Waals surface area contributed by atoms with Gasteiger partial charge >= 0.3 is 15.2 Å². The fourth-order valence-electron chi connectivity index (χ4n) is 2.21. The van der Waals surface area contributed by atoms with Gasteiger partial charge in [-0.3, -0.25) is 26.4 Å². The van der Waals surface area contributed by atoms with E-state index in [0.717, 1.165) is 0 Å². The van der Waals surface area contributed by atoms with E-state index in [0.29, 0.717) is 11.5 Å². The molecule has 0 saturated heterocycles. The topological polar surface area (TPSA) is 178 Å². The van der Waals surface area contributed by atoms with Crippen molar-refractivity contribution >= 4 is 48.7 Å². The molecule has 0 saturated carbocycles. The van der Waals surface area contributed by atoms with Crippen molar-refractivity contribution in [2.45, 2.75) is 25.2 Å². The molecule has 0 aliphatic rings. The third-order valence-corrected chi connectivity index (χ3v) is 14.1. The van der Waals surface area contributed by atoms with Crippen molar-refractivity contribution in [2.75, 3.05) is 26.7 Å². The summed E-state index contributed by atoms with van der Waals surface area (Å²) < 4.78 is 52.4. The zero-order chi connectivity index (χ0) is 22.4. The van der Waals surface area contributed by atoms with Crippen LogP contribution in [0.3, 0.4) is 0 Å². The summed E-state index contributed by atoms with van der Waals surface area (Å²) in [7, 11) is -18.1. The fourth-order valence-corrected chi connectivity index (χ4v) is 13.8. The average molecular weight is 533 g/mol. The summed E-state index contributed by atoms with van der Waals surface area (Å²) in [5, 5.41) is 2.13. The van der Waals surface area contributed by atoms with Gasteiger partial charge < -0.3 is 24.1 Å². The van der Waals surface area contributed by atoms with Crippen LogP contribution in [-0.2, 0) is 32.8 Å². The molecule has 0 bridgehead atoms. The number of rotatable bonds is 13. The molecule has 0 spiro atoms. The van der Waals surface area contributed by atoms with E-state index in [-0.39, 0.29) is 12.8 Å². The highest BCUT2D eigenvalue weighted by molar-refractivity contribution is 7.82. The van der Waals surface area contributed by atoms with Crippen molar-refractivity contribution in [3.05, 3.63) is 17.5 Å². The van der Waals surface area contributed by atoms with Crippen molar-refractivity contribution < 1.29 is 50.5 Å². The van der Waals surface area contributed by atoms with Gasteiger partial charge in [-0.15, -0.1) is 0 Å². The van der Waals surface area contributed by atoms with Crippen molar-refractivity contribution in [1.29, 1.82) is 0 Å². The van der Waals surface area contributed by atoms with E-state index in [1.54, 1.807) is 13.0 Å². The molecular formula is C11H25NO11P6. The van der Waals surface area contributed by atoms with E-state index >= 15 is 0 Å². The third kappa shape index (κ3) is 9.61. The molecule has 18 heteroatoms. The maximum absolute atomic E-state index is 13.5. The van der Waals surface area contributed by atoms with E-state index in [9.17, 15) is 28.7 Å². The molecule has 0 fully saturated rings. The maximum atomic E-state index is 13.5. The van der Waals surface area contributed by atoms with E-state index < -0.39 is 54.1 Å². The summed E-state index contributed by atoms with van der Waals surface area (Å²) in [4.78, 5) is 38.8. The summed E-state index contributed by atoms with van der Waals surface area (Å²) in [6.45, 7) is 6.51. The standard InChI is InChI=1S/C11H25NO11P6/c1-9-8-10(12-19-9)6-7-11(28(17,20-24(2)13)21-25(3)14)29(18,22-26(4)15)23-27(5)16/h8,11,13-16H,6-7H2,1-5H3. The lowest BCUT2D eigenvalue weighted by atomic mass is 10.2. The molecular weight excluding hydrogens is 508 g/mol. The number of aromatic nitrogens is 1. The molecule has 29 heavy (non-hydrogen) atoms. The van der Waals surface area contributed by atoms with Gasteiger partial charge in [-0.05, 0) is 19.8 Å². The van der Waals surface area contributed by atoms with Crippen LogP contribution in [0.1, 0.15) is 17.9 Å². The van der Waals surface area contributed by atoms with Crippen LogP contribution in [0.15, 0.2) is 10.6 Å². The molecule has 12 nitrogen and oxygen atoms in total. The molecule has 0 aliphatic carbocycles. The van der Waals surface area contributed by atoms with Gasteiger partial charge in [0.25, 0.3) is 0 Å². The average Bonchev–Trinajstić information content (AvgIpc) is 2.88. The summed E-state index contributed by atoms with van der Waals surface area (Å²) >= 11 is 0. The fraction of sp³-hybridized carbons (Fsp3) is 0.727. The van der Waals surface area contributed by atoms with Crippen LogP contribution in [0, 0.1) is 6.92 Å². The summed E-state index contributed by atoms with van der Waals surface area (Å²) in [6, 6.07) is 1.60. The summed E-state index contributed by atoms with van der Waals surface area (Å²) in [6.07, 6.45) is -0.158. The normalized spacial score (nSPS) is 21.6. The van der Waals surface area contributed by atoms with Crippen molar-refractivity contribution in [1.82, 2.24) is 5.16 Å². The zero-order valence-corrected chi connectivity index (χ0v) is 21.7. The molecule has 4 N–H and O–H groups in total. The first kappa shape index (κ1) is 28.1. The van der Waals surface area contributed by atoms with E-state index in [2.05, 4.69) is 5.16 Å². The maximum Gasteiger partial charge on any atom is 0.356 e. The van der Waals surface area contributed by atoms with Crippen LogP contribution in [0.5, 0.6) is 0 Å². The first-order chi connectivity index (χ1) is 13.3. The molecule has 4 unspecified atom stereocenters. The lowest BCUT2D eigenvalue weighted by Gasteiger charge is -2.33. The Balaban J connectivity index is 3.41. The first-order valence-corrected chi connectivity index (χ1v) is 17.7. The van der Waals surface area contributed by atoms with Crippen LogP contribution in [0.2, 0.25) is 0 Å². The monoisotopic (exact) mass is 533 g/mol. The molecule has 0 aromatic carbocycles. The predicted octanol–water partition coefficient (Wildman–Crippen LogP) is 4.43. The third-order valence-electron chi connectivity index (χ3n) is 2.99. The van der Waals surface area contributed by atoms with E-state index in [4.69, 9.17) is 21.8 Å². The minimum absolute atomic E-state index is 0.0652. The van der Waals surface area contributed by atoms with Gasteiger partial charge in [0.05, 0.1) is 5.69 Å². The Kier molecular flexibility index (Phi) is 12.0. The van der Waals surface area contributed by atoms with Gasteiger partial charge in [-0.1, -0.05) is 5.16 Å². The van der Waals surface area contributed by atoms with Crippen molar-refractivity contribution in [3.63, 3.8) is 0 Å². The van der Waals surface area contributed by atoms with E-state index in [1.165, 1.54) is 26.7 Å². The molecule has 1 aromatic rings. The highest BCUT2D eigenvalue weighted by Gasteiger charge is 2.54. The highest BCUT2D eigenvalue weighted by atomic mass is 31.3. The SMILES string of the molecule is Cc1cc(CCC(P(=O)(OP(C)O)OP(C)O)P(=O)(OP(C)O)OP(C)O)no1. The molecule has 1 aromatic heterocycles. The van der Waals surface area contributed by atoms with Crippen molar-refractivity contribution in [3.8, 4) is 0 Å². The minimum Gasteiger partial charge on any atom is -0.361 e. The quantitative estimate of drug-likeness (QED) is 0.263. The second-order valence-corrected chi connectivity index (χ2v) is 15.9. The lowest BCUT2D eigenvalue weighted by Crippen LogP contribution is -2.15. The second kappa shape index (κ2) is 12.3. The predicted molar refractivity (Wildman–Crippen MR) is 113 cm³/mol. The molecule has 0 amide bonds. The van der Waals surface area contributed by atoms with Gasteiger partial charge in [0.1, 0.15) is 5.76 Å². The molecule has 1 rings (SSSR count). The molecule has 0 radical (unpaired) electrons. The molecule has 0 aliphatic heterocycles. The Morgan fingerprint density at radius 2 is 1.31 bits per heavy atom. The van der Waals surface area contributed by atoms with Crippen LogP contribution in [0.25, 0.3) is 0 Å². The van der Waals surface area contributed by atoms with Crippen LogP contribution in [0.4, 0.5) is 0 Å². The van der Waals surface area contributed by atoms with Crippen LogP contribution < -0.4 is 0 Å². The molecule has 4 atom stereocenters. The van der Waals surface area contributed by atoms with Gasteiger partial charge in [-0.2, -0.15) is 0 Å². The molecule has 1 heterocycles.